The van der Waals surface area contributed by atoms with Crippen LogP contribution in [0.4, 0.5) is 0 Å². The van der Waals surface area contributed by atoms with E-state index in [1.165, 1.54) is 6.92 Å². The van der Waals surface area contributed by atoms with Gasteiger partial charge in [-0.15, -0.1) is 0 Å². The van der Waals surface area contributed by atoms with Gasteiger partial charge in [0.15, 0.2) is 18.7 Å². The molecule has 0 aromatic heterocycles. The Labute approximate surface area is 358 Å². The molecule has 1 unspecified atom stereocenters. The molecule has 0 radical (unpaired) electrons. The molecule has 4 rings (SSSR count). The highest BCUT2D eigenvalue weighted by molar-refractivity contribution is 5.73. The largest absolute Gasteiger partial charge is 0.488 e. The Balaban J connectivity index is 1.86. The molecule has 0 amide bonds. The number of methoxy groups -OCH3 is 1. The van der Waals surface area contributed by atoms with Crippen molar-refractivity contribution in [3.05, 3.63) is 11.3 Å². The molecule has 0 saturated carbocycles. The van der Waals surface area contributed by atoms with Crippen molar-refractivity contribution in [2.75, 3.05) is 21.2 Å². The number of hydrogen-bond donors (Lipinski definition) is 2. The van der Waals surface area contributed by atoms with Crippen molar-refractivity contribution in [1.82, 2.24) is 4.90 Å². The van der Waals surface area contributed by atoms with Gasteiger partial charge in [-0.1, -0.05) is 34.6 Å². The van der Waals surface area contributed by atoms with Crippen LogP contribution in [-0.2, 0) is 57.0 Å². The molecule has 2 bridgehead atoms. The Kier molecular flexibility index (Phi) is 17.1. The van der Waals surface area contributed by atoms with Gasteiger partial charge in [-0.2, -0.15) is 0 Å². The lowest BCUT2D eigenvalue weighted by Crippen LogP contribution is -2.60. The van der Waals surface area contributed by atoms with Gasteiger partial charge in [0.25, 0.3) is 0 Å². The van der Waals surface area contributed by atoms with E-state index in [1.807, 2.05) is 74.4 Å². The highest BCUT2D eigenvalue weighted by atomic mass is 16.7. The van der Waals surface area contributed by atoms with Crippen LogP contribution < -0.4 is 0 Å². The number of carbonyl (C=O) groups excluding carboxylic acids is 3. The van der Waals surface area contributed by atoms with E-state index in [1.54, 1.807) is 27.9 Å². The first-order valence-electron chi connectivity index (χ1n) is 22.2. The molecule has 60 heavy (non-hydrogen) atoms. The molecular formula is C45H77NO14. The van der Waals surface area contributed by atoms with Crippen molar-refractivity contribution in [2.24, 2.45) is 17.8 Å². The van der Waals surface area contributed by atoms with Crippen LogP contribution in [0.2, 0.25) is 0 Å². The van der Waals surface area contributed by atoms with Crippen molar-refractivity contribution < 1.29 is 67.2 Å². The maximum Gasteiger partial charge on any atom is 0.311 e. The monoisotopic (exact) mass is 856 g/mol. The quantitative estimate of drug-likeness (QED) is 0.173. The van der Waals surface area contributed by atoms with Crippen molar-refractivity contribution in [1.29, 1.82) is 0 Å². The Bertz CT molecular complexity index is 1500. The molecular weight excluding hydrogens is 778 g/mol. The molecule has 0 spiro atoms. The normalized spacial score (nSPS) is 43.0. The second kappa shape index (κ2) is 20.4. The lowest BCUT2D eigenvalue weighted by Gasteiger charge is -2.49. The minimum Gasteiger partial charge on any atom is -0.488 e. The summed E-state index contributed by atoms with van der Waals surface area (Å²) in [6.07, 6.45) is -5.97. The van der Waals surface area contributed by atoms with Crippen molar-refractivity contribution in [3.63, 3.8) is 0 Å². The minimum absolute atomic E-state index is 0.137. The molecule has 0 aliphatic carbocycles. The smallest absolute Gasteiger partial charge is 0.311 e. The van der Waals surface area contributed by atoms with E-state index < -0.39 is 102 Å². The fraction of sp³-hybridized carbons (Fsp3) is 0.889. The average molecular weight is 856 g/mol. The Morgan fingerprint density at radius 2 is 1.48 bits per heavy atom. The molecule has 4 aliphatic rings. The number of ether oxygens (including phenoxy) is 9. The second-order valence-corrected chi connectivity index (χ2v) is 18.8. The van der Waals surface area contributed by atoms with Gasteiger partial charge in [0.1, 0.15) is 47.0 Å². The highest BCUT2D eigenvalue weighted by Gasteiger charge is 2.57. The Morgan fingerprint density at radius 1 is 0.883 bits per heavy atom. The number of likely N-dealkylation sites (N-methyl/N-ethyl adjacent to an activating group) is 1. The first-order valence-corrected chi connectivity index (χ1v) is 22.2. The number of nitrogens with zero attached hydrogens (tertiary/aromatic N) is 1. The SMILES string of the molecule is CCCC(=O)OC1[C@@H](C)C2=C(C)C[C@@](C)(O2)[C@H](O[C@@H]2O[C@H](C)C[C@H](N(C)C)[C@H]2O)[C@@H](C)[C@H](O[C@H]2C[C@@](C)(OC)[C@@H](OC(=O)CCC)[C@H](C)O2)[C@@H](C)C(=O)O[C@H](CC)[C@@]1(C)O. The van der Waals surface area contributed by atoms with Gasteiger partial charge in [-0.25, -0.2) is 0 Å². The number of aliphatic hydroxyl groups is 2. The summed E-state index contributed by atoms with van der Waals surface area (Å²) < 4.78 is 58.0. The van der Waals surface area contributed by atoms with Crippen LogP contribution in [0.5, 0.6) is 0 Å². The molecule has 0 aromatic rings. The molecule has 3 fully saturated rings. The number of hydrogen-bond acceptors (Lipinski definition) is 15. The predicted molar refractivity (Wildman–Crippen MR) is 221 cm³/mol. The first kappa shape index (κ1) is 50.3. The van der Waals surface area contributed by atoms with Crippen molar-refractivity contribution in [3.8, 4) is 0 Å². The zero-order valence-electron chi connectivity index (χ0n) is 39.0. The topological polar surface area (TPSA) is 178 Å². The number of aliphatic hydroxyl groups excluding tert-OH is 1. The fourth-order valence-electron chi connectivity index (χ4n) is 9.95. The summed E-state index contributed by atoms with van der Waals surface area (Å²) >= 11 is 0. The minimum atomic E-state index is -1.85. The zero-order valence-corrected chi connectivity index (χ0v) is 39.0. The summed E-state index contributed by atoms with van der Waals surface area (Å²) in [4.78, 5) is 42.4. The number of carbonyl (C=O) groups is 3. The van der Waals surface area contributed by atoms with Crippen LogP contribution in [0, 0.1) is 17.8 Å². The lowest BCUT2D eigenvalue weighted by atomic mass is 9.78. The molecule has 3 saturated heterocycles. The summed E-state index contributed by atoms with van der Waals surface area (Å²) in [6.45, 7) is 22.0. The summed E-state index contributed by atoms with van der Waals surface area (Å²) in [5, 5.41) is 24.2. The highest BCUT2D eigenvalue weighted by Crippen LogP contribution is 2.48. The van der Waals surface area contributed by atoms with Gasteiger partial charge >= 0.3 is 17.9 Å². The van der Waals surface area contributed by atoms with Crippen LogP contribution in [0.25, 0.3) is 0 Å². The van der Waals surface area contributed by atoms with Crippen molar-refractivity contribution in [2.45, 2.75) is 219 Å². The molecule has 15 nitrogen and oxygen atoms in total. The predicted octanol–water partition coefficient (Wildman–Crippen LogP) is 5.59. The number of cyclic esters (lactones) is 1. The third kappa shape index (κ3) is 10.9. The fourth-order valence-corrected chi connectivity index (χ4v) is 9.95. The van der Waals surface area contributed by atoms with E-state index in [0.717, 1.165) is 5.57 Å². The lowest BCUT2D eigenvalue weighted by molar-refractivity contribution is -0.317. The van der Waals surface area contributed by atoms with Crippen LogP contribution in [0.1, 0.15) is 134 Å². The number of fused-ring (bicyclic) bond motifs is 2. The van der Waals surface area contributed by atoms with E-state index in [9.17, 15) is 24.6 Å². The van der Waals surface area contributed by atoms with Crippen molar-refractivity contribution >= 4 is 17.9 Å². The van der Waals surface area contributed by atoms with Gasteiger partial charge in [-0.05, 0) is 93.8 Å². The summed E-state index contributed by atoms with van der Waals surface area (Å²) in [6, 6.07) is -0.271. The van der Waals surface area contributed by atoms with Gasteiger partial charge < -0.3 is 57.7 Å². The third-order valence-corrected chi connectivity index (χ3v) is 13.3. The zero-order chi connectivity index (χ0) is 45.1. The van der Waals surface area contributed by atoms with E-state index >= 15 is 0 Å². The molecule has 17 atom stereocenters. The van der Waals surface area contributed by atoms with Gasteiger partial charge in [-0.3, -0.25) is 14.4 Å². The van der Waals surface area contributed by atoms with Gasteiger partial charge in [0.2, 0.25) is 0 Å². The van der Waals surface area contributed by atoms with Crippen LogP contribution in [-0.4, -0.2) is 138 Å². The van der Waals surface area contributed by atoms with Crippen LogP contribution in [0.15, 0.2) is 11.3 Å². The number of esters is 3. The summed E-state index contributed by atoms with van der Waals surface area (Å²) in [5.74, 6) is -3.32. The maximum absolute atomic E-state index is 14.6. The summed E-state index contributed by atoms with van der Waals surface area (Å²) in [7, 11) is 5.36. The number of rotatable bonds is 13. The maximum atomic E-state index is 14.6. The van der Waals surface area contributed by atoms with Crippen LogP contribution >= 0.6 is 0 Å². The van der Waals surface area contributed by atoms with E-state index in [-0.39, 0.29) is 43.8 Å². The molecule has 0 aromatic carbocycles. The second-order valence-electron chi connectivity index (χ2n) is 18.8. The molecule has 15 heteroatoms. The van der Waals surface area contributed by atoms with Gasteiger partial charge in [0, 0.05) is 44.8 Å². The average Bonchev–Trinajstić information content (AvgIpc) is 3.49. The summed E-state index contributed by atoms with van der Waals surface area (Å²) in [5.41, 5.74) is -3.14. The molecule has 4 heterocycles. The van der Waals surface area contributed by atoms with E-state index in [2.05, 4.69) is 0 Å². The van der Waals surface area contributed by atoms with E-state index in [0.29, 0.717) is 31.4 Å². The first-order chi connectivity index (χ1) is 28.0. The standard InChI is InChI=1S/C45H77NO14/c1-16-19-32(47)56-39-26(6)36-24(4)22-44(11,60-36)38(59-42-35(49)30(46(13)14)21-25(5)53-42)27(7)37(28(8)41(50)55-31(18-3)45(39,12)51)58-34-23-43(10,52-15)40(29(9)54-34)57-33(48)20-17-2/h25-31,34-35,37-40,42,49,51H,16-23H2,1-15H3/t25-,26+,27+,28-,29+,30+,31-,34+,35-,37+,38-,39?,40+,42+,43-,44-,45-/m1/s1. The molecule has 2 N–H and O–H groups in total. The molecule has 4 aliphatic heterocycles. The van der Waals surface area contributed by atoms with E-state index in [4.69, 9.17) is 42.6 Å². The van der Waals surface area contributed by atoms with Crippen LogP contribution in [0.3, 0.4) is 0 Å². The third-order valence-electron chi connectivity index (χ3n) is 13.3. The Morgan fingerprint density at radius 3 is 2.03 bits per heavy atom. The molecule has 346 valence electrons. The van der Waals surface area contributed by atoms with Gasteiger partial charge in [0.05, 0.1) is 30.1 Å². The Hall–Kier alpha value is -2.37.